The van der Waals surface area contributed by atoms with E-state index in [1.165, 1.54) is 12.7 Å². The molecule has 2 atom stereocenters. The second kappa shape index (κ2) is 7.48. The van der Waals surface area contributed by atoms with Crippen LogP contribution in [0.25, 0.3) is 0 Å². The zero-order valence-corrected chi connectivity index (χ0v) is 15.6. The van der Waals surface area contributed by atoms with Crippen LogP contribution in [0.5, 0.6) is 0 Å². The first-order valence-electron chi connectivity index (χ1n) is 5.17. The molecule has 1 aromatic carbocycles. The van der Waals surface area contributed by atoms with E-state index >= 15 is 0 Å². The molecule has 0 bridgehead atoms. The van der Waals surface area contributed by atoms with Crippen LogP contribution in [0.2, 0.25) is 0 Å². The summed E-state index contributed by atoms with van der Waals surface area (Å²) in [6.07, 6.45) is 0. The number of rotatable bonds is 2. The van der Waals surface area contributed by atoms with Crippen molar-refractivity contribution >= 4 is 35.8 Å². The molecule has 3 nitrogen and oxygen atoms in total. The number of hydrogen-bond donors (Lipinski definition) is 1. The fraction of sp³-hybridized carbons (Fsp3) is 0.273. The van der Waals surface area contributed by atoms with Crippen LogP contribution < -0.4 is 10.7 Å². The normalized spacial score (nSPS) is 25.6. The van der Waals surface area contributed by atoms with Crippen molar-refractivity contribution in [3.63, 3.8) is 0 Å². The molecule has 18 heavy (non-hydrogen) atoms. The molecule has 7 heteroatoms. The Hall–Kier alpha value is 0.704. The fourth-order valence-corrected chi connectivity index (χ4v) is 7.25. The summed E-state index contributed by atoms with van der Waals surface area (Å²) in [6, 6.07) is 10.2. The maximum atomic E-state index is 11.5. The van der Waals surface area contributed by atoms with Crippen LogP contribution >= 0.6 is 15.4 Å². The Balaban J connectivity index is 0.00000162. The Labute approximate surface area is 138 Å². The zero-order valence-electron chi connectivity index (χ0n) is 10.0. The zero-order chi connectivity index (χ0) is 12.4. The second-order valence-corrected chi connectivity index (χ2v) is 9.71. The minimum atomic E-state index is -0.225. The van der Waals surface area contributed by atoms with E-state index in [9.17, 15) is 4.79 Å². The first-order valence-corrected chi connectivity index (χ1v) is 9.18. The molecule has 1 amide bonds. The minimum Gasteiger partial charge on any atom is -0.404 e. The maximum absolute atomic E-state index is 11.5. The van der Waals surface area contributed by atoms with Gasteiger partial charge in [0, 0.05) is 39.8 Å². The van der Waals surface area contributed by atoms with Crippen molar-refractivity contribution in [2.75, 3.05) is 7.05 Å². The molecule has 2 unspecified atom stereocenters. The molecule has 1 radical (unpaired) electrons. The number of benzene rings is 1. The molecular weight excluding hydrogens is 359 g/mol. The monoisotopic (exact) mass is 373 g/mol. The van der Waals surface area contributed by atoms with Crippen molar-refractivity contribution in [3.05, 3.63) is 37.3 Å². The van der Waals surface area contributed by atoms with Crippen molar-refractivity contribution < 1.29 is 37.5 Å². The molecule has 1 aromatic rings. The van der Waals surface area contributed by atoms with Crippen molar-refractivity contribution in [2.24, 2.45) is 5.92 Å². The average molecular weight is 373 g/mol. The van der Waals surface area contributed by atoms with Crippen LogP contribution in [-0.4, -0.2) is 23.3 Å². The first-order chi connectivity index (χ1) is 8.09. The van der Waals surface area contributed by atoms with Gasteiger partial charge in [0.25, 0.3) is 0 Å². The van der Waals surface area contributed by atoms with Gasteiger partial charge in [-0.15, -0.1) is 0 Å². The van der Waals surface area contributed by atoms with Gasteiger partial charge in [-0.2, -0.15) is 0 Å². The van der Waals surface area contributed by atoms with E-state index in [-0.39, 0.29) is 59.2 Å². The Morgan fingerprint density at radius 3 is 2.56 bits per heavy atom. The molecule has 1 aliphatic heterocycles. The van der Waals surface area contributed by atoms with E-state index in [2.05, 4.69) is 32.5 Å². The Morgan fingerprint density at radius 1 is 1.44 bits per heavy atom. The molecule has 0 saturated carbocycles. The molecule has 1 saturated heterocycles. The largest absolute Gasteiger partial charge is 0.404 e. The van der Waals surface area contributed by atoms with Gasteiger partial charge in [-0.3, -0.25) is 18.2 Å². The summed E-state index contributed by atoms with van der Waals surface area (Å²) < 4.78 is 0. The van der Waals surface area contributed by atoms with Crippen LogP contribution in [-0.2, 0) is 46.8 Å². The number of carbonyl (C=O) groups excluding carboxylic acids is 1. The maximum Gasteiger partial charge on any atom is 0.206 e. The first kappa shape index (κ1) is 16.8. The quantitative estimate of drug-likeness (QED) is 0.485. The number of nitrogens with zero attached hydrogens (tertiary/aromatic N) is 1. The topological polar surface area (TPSA) is 32.3 Å². The third kappa shape index (κ3) is 3.85. The number of hydrazine groups is 1. The van der Waals surface area contributed by atoms with Gasteiger partial charge in [0.05, 0.1) is 0 Å². The predicted octanol–water partition coefficient (Wildman–Crippen LogP) is 1.60. The summed E-state index contributed by atoms with van der Waals surface area (Å²) in [4.78, 5) is 11.5. The summed E-state index contributed by atoms with van der Waals surface area (Å²) in [6.45, 7) is 3.93. The third-order valence-corrected chi connectivity index (χ3v) is 7.76. The van der Waals surface area contributed by atoms with Gasteiger partial charge in [0.2, 0.25) is 5.91 Å². The van der Waals surface area contributed by atoms with Crippen molar-refractivity contribution in [1.29, 1.82) is 0 Å². The van der Waals surface area contributed by atoms with Gasteiger partial charge in [-0.05, 0) is 5.30 Å². The summed E-state index contributed by atoms with van der Waals surface area (Å²) in [5.74, 6) is -0.228. The van der Waals surface area contributed by atoms with Crippen molar-refractivity contribution in [1.82, 2.24) is 10.4 Å². The van der Waals surface area contributed by atoms with Crippen LogP contribution in [0, 0.1) is 12.8 Å². The smallest absolute Gasteiger partial charge is 0.206 e. The van der Waals surface area contributed by atoms with Gasteiger partial charge >= 0.3 is 0 Å². The summed E-state index contributed by atoms with van der Waals surface area (Å²) in [5, 5.41) is 3.19. The van der Waals surface area contributed by atoms with Gasteiger partial charge in [0.15, 0.2) is 0 Å². The Morgan fingerprint density at radius 2 is 2.06 bits per heavy atom. The number of nitrogens with one attached hydrogen (secondary N) is 1. The number of hydrogen-bond acceptors (Lipinski definition) is 3. The van der Waals surface area contributed by atoms with Crippen LogP contribution in [0.1, 0.15) is 0 Å². The average Bonchev–Trinajstić information content (AvgIpc) is 2.54. The van der Waals surface area contributed by atoms with Gasteiger partial charge in [-0.1, -0.05) is 41.6 Å². The molecule has 0 aliphatic carbocycles. The van der Waals surface area contributed by atoms with E-state index in [0.29, 0.717) is 0 Å². The van der Waals surface area contributed by atoms with Gasteiger partial charge < -0.3 is 16.2 Å². The minimum absolute atomic E-state index is 0. The molecule has 1 N–H and O–H groups in total. The van der Waals surface area contributed by atoms with Crippen LogP contribution in [0.15, 0.2) is 30.3 Å². The molecule has 1 heterocycles. The predicted molar refractivity (Wildman–Crippen MR) is 77.2 cm³/mol. The molecule has 2 rings (SSSR count). The SMILES string of the molecule is [CH2-]C1C(=O)NN(C)C1[S-](=P)=Pc1ccccc1.[Y]. The summed E-state index contributed by atoms with van der Waals surface area (Å²) in [5.41, 5.74) is 2.79. The standard InChI is InChI=1S/C11H14N2OP2S.Y/c1-8-10(14)12-13(2)11(8)17(15)16-9-6-4-3-5-7-9;/h3-8,11,15H,1H2,2H3,(H,12,14);/q-2;. The number of carbonyl (C=O) groups is 1. The van der Waals surface area contributed by atoms with E-state index < -0.39 is 0 Å². The Kier molecular flexibility index (Phi) is 6.96. The van der Waals surface area contributed by atoms with E-state index in [0.717, 1.165) is 0 Å². The van der Waals surface area contributed by atoms with E-state index in [1.807, 2.05) is 30.3 Å². The van der Waals surface area contributed by atoms with E-state index in [1.54, 1.807) is 0 Å². The summed E-state index contributed by atoms with van der Waals surface area (Å²) >= 11 is 0. The van der Waals surface area contributed by atoms with Crippen molar-refractivity contribution in [2.45, 2.75) is 5.37 Å². The van der Waals surface area contributed by atoms with Crippen LogP contribution in [0.4, 0.5) is 0 Å². The molecule has 0 spiro atoms. The van der Waals surface area contributed by atoms with E-state index in [4.69, 9.17) is 0 Å². The number of amides is 1. The van der Waals surface area contributed by atoms with Crippen LogP contribution in [0.3, 0.4) is 0 Å². The molecule has 95 valence electrons. The Bertz CT molecular complexity index is 505. The molecule has 0 aromatic heterocycles. The van der Waals surface area contributed by atoms with Gasteiger partial charge in [0.1, 0.15) is 0 Å². The molecule has 1 aliphatic rings. The molecular formula is C11H14N2OP2SY-2. The van der Waals surface area contributed by atoms with Crippen molar-refractivity contribution in [3.8, 4) is 0 Å². The second-order valence-electron chi connectivity index (χ2n) is 3.83. The molecule has 1 fully saturated rings. The van der Waals surface area contributed by atoms with Gasteiger partial charge in [-0.25, -0.2) is 12.4 Å². The summed E-state index contributed by atoms with van der Waals surface area (Å²) in [7, 11) is 6.69. The fourth-order valence-electron chi connectivity index (χ4n) is 1.68. The third-order valence-electron chi connectivity index (χ3n) is 2.54.